The van der Waals surface area contributed by atoms with E-state index in [4.69, 9.17) is 11.6 Å². The highest BCUT2D eigenvalue weighted by Gasteiger charge is 2.16. The summed E-state index contributed by atoms with van der Waals surface area (Å²) in [6.07, 6.45) is 1.85. The first-order valence-corrected chi connectivity index (χ1v) is 6.35. The van der Waals surface area contributed by atoms with Gasteiger partial charge in [-0.3, -0.25) is 0 Å². The molecule has 1 aromatic rings. The SMILES string of the molecule is CCN1CCN(c2cc(CCl)ccn2)CC1. The molecule has 0 amide bonds. The number of pyridine rings is 1. The Labute approximate surface area is 102 Å². The number of nitrogens with zero attached hydrogens (tertiary/aromatic N) is 3. The van der Waals surface area contributed by atoms with Crippen molar-refractivity contribution in [2.24, 2.45) is 0 Å². The molecule has 1 aliphatic rings. The van der Waals surface area contributed by atoms with Crippen LogP contribution in [0.3, 0.4) is 0 Å². The average molecular weight is 240 g/mol. The summed E-state index contributed by atoms with van der Waals surface area (Å²) in [6, 6.07) is 4.06. The van der Waals surface area contributed by atoms with Gasteiger partial charge < -0.3 is 9.80 Å². The van der Waals surface area contributed by atoms with Crippen molar-refractivity contribution in [3.8, 4) is 0 Å². The van der Waals surface area contributed by atoms with Crippen LogP contribution in [0.15, 0.2) is 18.3 Å². The number of halogens is 1. The van der Waals surface area contributed by atoms with E-state index in [0.717, 1.165) is 44.1 Å². The minimum atomic E-state index is 0.560. The Hall–Kier alpha value is -0.800. The molecule has 4 heteroatoms. The molecule has 1 aromatic heterocycles. The van der Waals surface area contributed by atoms with Crippen molar-refractivity contribution in [3.05, 3.63) is 23.9 Å². The molecule has 0 unspecified atom stereocenters. The van der Waals surface area contributed by atoms with Gasteiger partial charge in [0.1, 0.15) is 5.82 Å². The van der Waals surface area contributed by atoms with Crippen molar-refractivity contribution in [1.82, 2.24) is 9.88 Å². The maximum absolute atomic E-state index is 5.83. The molecule has 1 fully saturated rings. The average Bonchev–Trinajstić information content (AvgIpc) is 2.39. The van der Waals surface area contributed by atoms with Gasteiger partial charge in [0.15, 0.2) is 0 Å². The van der Waals surface area contributed by atoms with Crippen LogP contribution >= 0.6 is 11.6 Å². The molecule has 0 aliphatic carbocycles. The summed E-state index contributed by atoms with van der Waals surface area (Å²) in [5.41, 5.74) is 1.14. The molecule has 2 heterocycles. The fourth-order valence-corrected chi connectivity index (χ4v) is 2.18. The van der Waals surface area contributed by atoms with Gasteiger partial charge in [-0.2, -0.15) is 0 Å². The Morgan fingerprint density at radius 2 is 2.06 bits per heavy atom. The fourth-order valence-electron chi connectivity index (χ4n) is 2.01. The van der Waals surface area contributed by atoms with Gasteiger partial charge in [0, 0.05) is 38.3 Å². The lowest BCUT2D eigenvalue weighted by Crippen LogP contribution is -2.46. The predicted molar refractivity (Wildman–Crippen MR) is 68.1 cm³/mol. The Kier molecular flexibility index (Phi) is 4.02. The van der Waals surface area contributed by atoms with Crippen molar-refractivity contribution in [1.29, 1.82) is 0 Å². The minimum absolute atomic E-state index is 0.560. The minimum Gasteiger partial charge on any atom is -0.354 e. The van der Waals surface area contributed by atoms with E-state index in [1.807, 2.05) is 12.3 Å². The molecule has 0 radical (unpaired) electrons. The van der Waals surface area contributed by atoms with Crippen LogP contribution in [-0.4, -0.2) is 42.6 Å². The highest BCUT2D eigenvalue weighted by Crippen LogP contribution is 2.15. The zero-order valence-electron chi connectivity index (χ0n) is 9.69. The van der Waals surface area contributed by atoms with Gasteiger partial charge in [-0.05, 0) is 24.2 Å². The normalized spacial score (nSPS) is 17.8. The third-order valence-electron chi connectivity index (χ3n) is 3.11. The molecule has 2 rings (SSSR count). The van der Waals surface area contributed by atoms with Crippen LogP contribution in [0.2, 0.25) is 0 Å². The Balaban J connectivity index is 2.02. The molecule has 0 atom stereocenters. The lowest BCUT2D eigenvalue weighted by atomic mass is 10.2. The zero-order valence-corrected chi connectivity index (χ0v) is 10.5. The van der Waals surface area contributed by atoms with E-state index < -0.39 is 0 Å². The van der Waals surface area contributed by atoms with E-state index in [9.17, 15) is 0 Å². The van der Waals surface area contributed by atoms with Crippen LogP contribution in [-0.2, 0) is 5.88 Å². The summed E-state index contributed by atoms with van der Waals surface area (Å²) in [5, 5.41) is 0. The van der Waals surface area contributed by atoms with Crippen molar-refractivity contribution in [2.75, 3.05) is 37.6 Å². The number of likely N-dealkylation sites (N-methyl/N-ethyl adjacent to an activating group) is 1. The number of alkyl halides is 1. The van der Waals surface area contributed by atoms with Crippen LogP contribution in [0.4, 0.5) is 5.82 Å². The standard InChI is InChI=1S/C12H18ClN3/c1-2-15-5-7-16(8-6-15)12-9-11(10-13)3-4-14-12/h3-4,9H,2,5-8,10H2,1H3. The molecule has 0 bridgehead atoms. The smallest absolute Gasteiger partial charge is 0.128 e. The lowest BCUT2D eigenvalue weighted by molar-refractivity contribution is 0.270. The summed E-state index contributed by atoms with van der Waals surface area (Å²) < 4.78 is 0. The molecule has 0 N–H and O–H groups in total. The van der Waals surface area contributed by atoms with E-state index in [2.05, 4.69) is 27.8 Å². The molecule has 88 valence electrons. The maximum Gasteiger partial charge on any atom is 0.128 e. The summed E-state index contributed by atoms with van der Waals surface area (Å²) >= 11 is 5.83. The second kappa shape index (κ2) is 5.51. The molecular formula is C12H18ClN3. The molecule has 0 saturated carbocycles. The summed E-state index contributed by atoms with van der Waals surface area (Å²) in [4.78, 5) is 9.21. The number of piperazine rings is 1. The topological polar surface area (TPSA) is 19.4 Å². The maximum atomic E-state index is 5.83. The fraction of sp³-hybridized carbons (Fsp3) is 0.583. The molecule has 16 heavy (non-hydrogen) atoms. The van der Waals surface area contributed by atoms with Gasteiger partial charge in [-0.1, -0.05) is 6.92 Å². The van der Waals surface area contributed by atoms with E-state index in [0.29, 0.717) is 5.88 Å². The van der Waals surface area contributed by atoms with E-state index in [1.54, 1.807) is 0 Å². The van der Waals surface area contributed by atoms with Crippen LogP contribution < -0.4 is 4.90 Å². The Morgan fingerprint density at radius 1 is 1.31 bits per heavy atom. The molecule has 0 spiro atoms. The highest BCUT2D eigenvalue weighted by molar-refractivity contribution is 6.17. The van der Waals surface area contributed by atoms with E-state index in [-0.39, 0.29) is 0 Å². The largest absolute Gasteiger partial charge is 0.354 e. The molecular weight excluding hydrogens is 222 g/mol. The number of hydrogen-bond donors (Lipinski definition) is 0. The molecule has 1 aliphatic heterocycles. The van der Waals surface area contributed by atoms with E-state index >= 15 is 0 Å². The van der Waals surface area contributed by atoms with Gasteiger partial charge in [-0.15, -0.1) is 11.6 Å². The molecule has 1 saturated heterocycles. The number of hydrogen-bond acceptors (Lipinski definition) is 3. The highest BCUT2D eigenvalue weighted by atomic mass is 35.5. The predicted octanol–water partition coefficient (Wildman–Crippen LogP) is 1.96. The van der Waals surface area contributed by atoms with Gasteiger partial charge in [0.05, 0.1) is 0 Å². The molecule has 0 aromatic carbocycles. The number of anilines is 1. The van der Waals surface area contributed by atoms with Gasteiger partial charge >= 0.3 is 0 Å². The monoisotopic (exact) mass is 239 g/mol. The van der Waals surface area contributed by atoms with Crippen LogP contribution in [0.1, 0.15) is 12.5 Å². The first-order valence-electron chi connectivity index (χ1n) is 5.81. The third kappa shape index (κ3) is 2.66. The first kappa shape index (κ1) is 11.7. The first-order chi connectivity index (χ1) is 7.83. The Bertz CT molecular complexity index is 335. The summed E-state index contributed by atoms with van der Waals surface area (Å²) in [6.45, 7) is 7.73. The number of aromatic nitrogens is 1. The van der Waals surface area contributed by atoms with Crippen molar-refractivity contribution in [2.45, 2.75) is 12.8 Å². The number of rotatable bonds is 3. The lowest BCUT2D eigenvalue weighted by Gasteiger charge is -2.34. The van der Waals surface area contributed by atoms with Crippen LogP contribution in [0, 0.1) is 0 Å². The van der Waals surface area contributed by atoms with E-state index in [1.165, 1.54) is 0 Å². The summed E-state index contributed by atoms with van der Waals surface area (Å²) in [7, 11) is 0. The van der Waals surface area contributed by atoms with Crippen molar-refractivity contribution < 1.29 is 0 Å². The second-order valence-corrected chi connectivity index (χ2v) is 4.34. The second-order valence-electron chi connectivity index (χ2n) is 4.08. The van der Waals surface area contributed by atoms with Gasteiger partial charge in [0.25, 0.3) is 0 Å². The quantitative estimate of drug-likeness (QED) is 0.752. The van der Waals surface area contributed by atoms with Crippen LogP contribution in [0.5, 0.6) is 0 Å². The van der Waals surface area contributed by atoms with Gasteiger partial charge in [-0.25, -0.2) is 4.98 Å². The zero-order chi connectivity index (χ0) is 11.4. The van der Waals surface area contributed by atoms with Crippen LogP contribution in [0.25, 0.3) is 0 Å². The summed E-state index contributed by atoms with van der Waals surface area (Å²) in [5.74, 6) is 1.62. The van der Waals surface area contributed by atoms with Gasteiger partial charge in [0.2, 0.25) is 0 Å². The third-order valence-corrected chi connectivity index (χ3v) is 3.42. The van der Waals surface area contributed by atoms with Crippen molar-refractivity contribution >= 4 is 17.4 Å². The molecule has 3 nitrogen and oxygen atoms in total. The Morgan fingerprint density at radius 3 is 2.69 bits per heavy atom. The van der Waals surface area contributed by atoms with Crippen molar-refractivity contribution in [3.63, 3.8) is 0 Å².